The number of aromatic nitrogens is 2. The summed E-state index contributed by atoms with van der Waals surface area (Å²) in [5.41, 5.74) is 1.47. The third-order valence-electron chi connectivity index (χ3n) is 4.86. The number of hydrogen-bond acceptors (Lipinski definition) is 2. The number of halogens is 3. The number of benzene rings is 1. The molecule has 0 saturated heterocycles. The van der Waals surface area contributed by atoms with Crippen LogP contribution in [0.3, 0.4) is 0 Å². The molecule has 0 amide bonds. The van der Waals surface area contributed by atoms with Gasteiger partial charge in [-0.2, -0.15) is 5.10 Å². The highest BCUT2D eigenvalue weighted by Crippen LogP contribution is 2.36. The zero-order valence-electron chi connectivity index (χ0n) is 15.6. The first kappa shape index (κ1) is 20.3. The predicted molar refractivity (Wildman–Crippen MR) is 103 cm³/mol. The Bertz CT molecular complexity index is 769. The van der Waals surface area contributed by atoms with Gasteiger partial charge in [0, 0.05) is 17.3 Å². The zero-order valence-corrected chi connectivity index (χ0v) is 18.2. The van der Waals surface area contributed by atoms with Crippen molar-refractivity contribution in [3.05, 3.63) is 40.1 Å². The van der Waals surface area contributed by atoms with Gasteiger partial charge in [-0.15, -0.1) is 0 Å². The fourth-order valence-electron chi connectivity index (χ4n) is 2.24. The summed E-state index contributed by atoms with van der Waals surface area (Å²) in [6.45, 7) is 13.9. The van der Waals surface area contributed by atoms with Crippen LogP contribution < -0.4 is 0 Å². The topological polar surface area (TPSA) is 27.1 Å². The summed E-state index contributed by atoms with van der Waals surface area (Å²) in [6.07, 6.45) is 1.75. The first-order chi connectivity index (χ1) is 11.4. The van der Waals surface area contributed by atoms with Crippen molar-refractivity contribution in [2.75, 3.05) is 6.61 Å². The Balaban J connectivity index is 2.15. The highest BCUT2D eigenvalue weighted by atomic mass is 79.9. The van der Waals surface area contributed by atoms with Gasteiger partial charge in [-0.1, -0.05) is 20.8 Å². The Hall–Kier alpha value is -1.05. The second kappa shape index (κ2) is 7.29. The van der Waals surface area contributed by atoms with Crippen LogP contribution in [0.5, 0.6) is 0 Å². The molecule has 1 heterocycles. The molecule has 3 nitrogen and oxygen atoms in total. The molecule has 0 unspecified atom stereocenters. The van der Waals surface area contributed by atoms with Gasteiger partial charge < -0.3 is 4.43 Å². The van der Waals surface area contributed by atoms with Crippen LogP contribution in [0.1, 0.15) is 26.5 Å². The van der Waals surface area contributed by atoms with E-state index in [0.717, 1.165) is 0 Å². The monoisotopic (exact) mass is 430 g/mol. The van der Waals surface area contributed by atoms with Gasteiger partial charge in [0.05, 0.1) is 23.3 Å². The Labute approximate surface area is 157 Å². The second-order valence-corrected chi connectivity index (χ2v) is 13.4. The summed E-state index contributed by atoms with van der Waals surface area (Å²) in [7, 11) is -1.81. The maximum atomic E-state index is 14.2. The molecule has 0 N–H and O–H groups in total. The van der Waals surface area contributed by atoms with Gasteiger partial charge in [-0.3, -0.25) is 4.68 Å². The van der Waals surface area contributed by atoms with E-state index in [1.165, 1.54) is 6.07 Å². The van der Waals surface area contributed by atoms with Gasteiger partial charge in [-0.25, -0.2) is 8.78 Å². The molecule has 138 valence electrons. The van der Waals surface area contributed by atoms with Gasteiger partial charge in [-0.05, 0) is 53.1 Å². The van der Waals surface area contributed by atoms with Crippen molar-refractivity contribution >= 4 is 24.2 Å². The molecule has 0 bridgehead atoms. The molecule has 25 heavy (non-hydrogen) atoms. The van der Waals surface area contributed by atoms with E-state index < -0.39 is 20.0 Å². The van der Waals surface area contributed by atoms with Crippen molar-refractivity contribution in [2.24, 2.45) is 0 Å². The van der Waals surface area contributed by atoms with Gasteiger partial charge in [0.1, 0.15) is 0 Å². The predicted octanol–water partition coefficient (Wildman–Crippen LogP) is 5.92. The minimum absolute atomic E-state index is 0.113. The Morgan fingerprint density at radius 2 is 1.80 bits per heavy atom. The van der Waals surface area contributed by atoms with E-state index >= 15 is 0 Å². The van der Waals surface area contributed by atoms with Crippen LogP contribution in [0.4, 0.5) is 8.78 Å². The summed E-state index contributed by atoms with van der Waals surface area (Å²) in [6, 6.07) is 3.06. The minimum Gasteiger partial charge on any atom is -0.415 e. The fourth-order valence-corrected chi connectivity index (χ4v) is 3.58. The molecule has 0 atom stereocenters. The molecular weight excluding hydrogens is 406 g/mol. The van der Waals surface area contributed by atoms with E-state index in [1.807, 2.05) is 0 Å². The molecule has 0 aliphatic carbocycles. The van der Waals surface area contributed by atoms with E-state index in [0.29, 0.717) is 24.4 Å². The summed E-state index contributed by atoms with van der Waals surface area (Å²) < 4.78 is 36.0. The van der Waals surface area contributed by atoms with Crippen molar-refractivity contribution < 1.29 is 13.2 Å². The van der Waals surface area contributed by atoms with Crippen molar-refractivity contribution in [3.63, 3.8) is 0 Å². The van der Waals surface area contributed by atoms with E-state index in [1.54, 1.807) is 23.9 Å². The molecular formula is C18H25BrF2N2OSi. The van der Waals surface area contributed by atoms with E-state index in [9.17, 15) is 8.78 Å². The number of hydrogen-bond donors (Lipinski definition) is 0. The quantitative estimate of drug-likeness (QED) is 0.434. The Morgan fingerprint density at radius 1 is 1.16 bits per heavy atom. The Kier molecular flexibility index (Phi) is 5.91. The average molecular weight is 431 g/mol. The molecule has 0 spiro atoms. The van der Waals surface area contributed by atoms with Crippen molar-refractivity contribution in [1.29, 1.82) is 0 Å². The van der Waals surface area contributed by atoms with Crippen molar-refractivity contribution in [3.8, 4) is 11.1 Å². The number of aryl methyl sites for hydroxylation is 1. The third kappa shape index (κ3) is 4.38. The summed E-state index contributed by atoms with van der Waals surface area (Å²) in [4.78, 5) is 0. The van der Waals surface area contributed by atoms with Crippen molar-refractivity contribution in [1.82, 2.24) is 9.78 Å². The van der Waals surface area contributed by atoms with E-state index in [4.69, 9.17) is 4.43 Å². The average Bonchev–Trinajstić information content (AvgIpc) is 2.84. The SMILES string of the molecule is Cc1nn(CCO[Si](C)(C)C(C)(C)C)cc1-c1ccc(Br)c(F)c1F. The smallest absolute Gasteiger partial charge is 0.192 e. The van der Waals surface area contributed by atoms with Crippen molar-refractivity contribution in [2.45, 2.75) is 52.4 Å². The van der Waals surface area contributed by atoms with E-state index in [2.05, 4.69) is 54.9 Å². The van der Waals surface area contributed by atoms with Crippen LogP contribution in [0.2, 0.25) is 18.1 Å². The van der Waals surface area contributed by atoms with Crippen LogP contribution in [0.15, 0.2) is 22.8 Å². The van der Waals surface area contributed by atoms with Crippen LogP contribution in [-0.2, 0) is 11.0 Å². The molecule has 1 aromatic heterocycles. The lowest BCUT2D eigenvalue weighted by atomic mass is 10.1. The first-order valence-corrected chi connectivity index (χ1v) is 12.0. The van der Waals surface area contributed by atoms with E-state index in [-0.39, 0.29) is 15.1 Å². The minimum atomic E-state index is -1.81. The van der Waals surface area contributed by atoms with Gasteiger partial charge in [0.15, 0.2) is 20.0 Å². The maximum absolute atomic E-state index is 14.2. The normalized spacial score (nSPS) is 12.7. The molecule has 1 aromatic carbocycles. The van der Waals surface area contributed by atoms with Crippen LogP contribution >= 0.6 is 15.9 Å². The first-order valence-electron chi connectivity index (χ1n) is 8.26. The maximum Gasteiger partial charge on any atom is 0.192 e. The molecule has 0 saturated carbocycles. The lowest BCUT2D eigenvalue weighted by molar-refractivity contribution is 0.266. The molecule has 0 radical (unpaired) electrons. The number of rotatable bonds is 5. The van der Waals surface area contributed by atoms with Crippen LogP contribution in [0, 0.1) is 18.6 Å². The molecule has 7 heteroatoms. The van der Waals surface area contributed by atoms with Gasteiger partial charge in [0.2, 0.25) is 0 Å². The van der Waals surface area contributed by atoms with Crippen LogP contribution in [-0.4, -0.2) is 24.7 Å². The lowest BCUT2D eigenvalue weighted by Gasteiger charge is -2.36. The summed E-state index contributed by atoms with van der Waals surface area (Å²) in [5.74, 6) is -1.75. The zero-order chi connectivity index (χ0) is 19.0. The molecule has 2 aromatic rings. The molecule has 2 rings (SSSR count). The highest BCUT2D eigenvalue weighted by molar-refractivity contribution is 9.10. The van der Waals surface area contributed by atoms with Gasteiger partial charge >= 0.3 is 0 Å². The fraction of sp³-hybridized carbons (Fsp3) is 0.500. The molecule has 0 aliphatic rings. The Morgan fingerprint density at radius 3 is 2.40 bits per heavy atom. The summed E-state index contributed by atoms with van der Waals surface area (Å²) in [5, 5.41) is 4.56. The second-order valence-electron chi connectivity index (χ2n) is 7.72. The largest absolute Gasteiger partial charge is 0.415 e. The lowest BCUT2D eigenvalue weighted by Crippen LogP contribution is -2.41. The number of nitrogens with zero attached hydrogens (tertiary/aromatic N) is 2. The standard InChI is InChI=1S/C18H25BrF2N2OSi/c1-12-14(13-7-8-15(19)17(21)16(13)20)11-23(22-12)9-10-24-25(5,6)18(2,3)4/h7-8,11H,9-10H2,1-6H3. The highest BCUT2D eigenvalue weighted by Gasteiger charge is 2.36. The van der Waals surface area contributed by atoms with Crippen LogP contribution in [0.25, 0.3) is 11.1 Å². The molecule has 0 fully saturated rings. The summed E-state index contributed by atoms with van der Waals surface area (Å²) >= 11 is 3.00. The van der Waals surface area contributed by atoms with Gasteiger partial charge in [0.25, 0.3) is 0 Å². The molecule has 0 aliphatic heterocycles. The third-order valence-corrected chi connectivity index (χ3v) is 10.0.